The number of aromatic nitrogens is 1. The van der Waals surface area contributed by atoms with E-state index in [1.807, 2.05) is 22.7 Å². The van der Waals surface area contributed by atoms with Gasteiger partial charge in [0, 0.05) is 68.2 Å². The van der Waals surface area contributed by atoms with Crippen LogP contribution in [0, 0.1) is 5.92 Å². The van der Waals surface area contributed by atoms with E-state index in [9.17, 15) is 0 Å². The summed E-state index contributed by atoms with van der Waals surface area (Å²) in [5, 5.41) is 15.4. The molecule has 0 radical (unpaired) electrons. The standard InChI is InChI=1S/C51H36N4S2/c1-3-14-31(15-4-1)49-52-50(32-16-5-2-6-17-32)54-51(53-49)33-28-29-38-45(30-33)56-43-26-12-20-36(46(38)43)37-21-11-22-39-47-42(25-13-27-44(47)57-48(37)39)55-40-23-9-7-18-34(40)35-19-8-10-24-41(35)55/h1-16,18-30,32,50-51,54H,17H2,(H,52,53). The topological polar surface area (TPSA) is 41.4 Å². The molecule has 3 atom stereocenters. The van der Waals surface area contributed by atoms with E-state index in [-0.39, 0.29) is 12.3 Å². The summed E-state index contributed by atoms with van der Waals surface area (Å²) < 4.78 is 7.66. The lowest BCUT2D eigenvalue weighted by atomic mass is 9.95. The first-order chi connectivity index (χ1) is 28.3. The summed E-state index contributed by atoms with van der Waals surface area (Å²) in [6.45, 7) is 0. The Hall–Kier alpha value is -6.31. The van der Waals surface area contributed by atoms with Crippen LogP contribution < -0.4 is 10.6 Å². The molecule has 4 heterocycles. The minimum Gasteiger partial charge on any atom is -0.354 e. The summed E-state index contributed by atoms with van der Waals surface area (Å²) in [4.78, 5) is 5.26. The van der Waals surface area contributed by atoms with Gasteiger partial charge in [0.25, 0.3) is 0 Å². The molecule has 0 saturated heterocycles. The number of hydrogen-bond donors (Lipinski definition) is 2. The van der Waals surface area contributed by atoms with Crippen molar-refractivity contribution < 1.29 is 0 Å². The second-order valence-electron chi connectivity index (χ2n) is 15.1. The van der Waals surface area contributed by atoms with Crippen molar-refractivity contribution in [2.45, 2.75) is 18.8 Å². The highest BCUT2D eigenvalue weighted by atomic mass is 32.1. The molecular weight excluding hydrogens is 733 g/mol. The SMILES string of the molecule is C1=CCC(C2NC(c3ccccc3)=NC(c3ccc4c(c3)sc3cccc(-c5cccc6c5sc5cccc(-n7c8ccccc8c8ccccc87)c56)c34)N2)C=C1. The van der Waals surface area contributed by atoms with Gasteiger partial charge in [0.15, 0.2) is 0 Å². The van der Waals surface area contributed by atoms with Gasteiger partial charge >= 0.3 is 0 Å². The zero-order chi connectivity index (χ0) is 37.5. The molecule has 0 fully saturated rings. The summed E-state index contributed by atoms with van der Waals surface area (Å²) in [6, 6.07) is 55.6. The number of amidine groups is 1. The lowest BCUT2D eigenvalue weighted by molar-refractivity contribution is 0.328. The van der Waals surface area contributed by atoms with Crippen molar-refractivity contribution in [3.05, 3.63) is 187 Å². The number of rotatable bonds is 5. The van der Waals surface area contributed by atoms with Gasteiger partial charge in [-0.3, -0.25) is 5.32 Å². The van der Waals surface area contributed by atoms with Crippen LogP contribution in [0.2, 0.25) is 0 Å². The number of fused-ring (bicyclic) bond motifs is 9. The molecule has 0 bridgehead atoms. The molecule has 0 spiro atoms. The highest BCUT2D eigenvalue weighted by molar-refractivity contribution is 7.27. The van der Waals surface area contributed by atoms with E-state index in [0.29, 0.717) is 5.92 Å². The van der Waals surface area contributed by atoms with Crippen LogP contribution in [0.4, 0.5) is 0 Å². The van der Waals surface area contributed by atoms with E-state index in [1.54, 1.807) is 0 Å². The molecule has 2 N–H and O–H groups in total. The van der Waals surface area contributed by atoms with Crippen molar-refractivity contribution in [3.8, 4) is 16.8 Å². The third-order valence-corrected chi connectivity index (χ3v) is 14.1. The molecule has 272 valence electrons. The Morgan fingerprint density at radius 2 is 1.30 bits per heavy atom. The van der Waals surface area contributed by atoms with Crippen LogP contribution in [-0.4, -0.2) is 16.6 Å². The number of nitrogens with one attached hydrogen (secondary N) is 2. The van der Waals surface area contributed by atoms with E-state index in [2.05, 4.69) is 191 Å². The number of benzene rings is 7. The van der Waals surface area contributed by atoms with Crippen molar-refractivity contribution >= 4 is 90.7 Å². The molecular formula is C51H36N4S2. The Kier molecular flexibility index (Phi) is 7.58. The number of aliphatic imine (C=N–C) groups is 1. The predicted molar refractivity (Wildman–Crippen MR) is 244 cm³/mol. The summed E-state index contributed by atoms with van der Waals surface area (Å²) in [7, 11) is 0. The van der Waals surface area contributed by atoms with E-state index in [4.69, 9.17) is 4.99 Å². The van der Waals surface area contributed by atoms with E-state index in [1.165, 1.54) is 84.5 Å². The summed E-state index contributed by atoms with van der Waals surface area (Å²) in [5.74, 6) is 1.26. The highest BCUT2D eigenvalue weighted by Crippen LogP contribution is 2.47. The number of hydrogen-bond acceptors (Lipinski definition) is 5. The van der Waals surface area contributed by atoms with Gasteiger partial charge in [-0.05, 0) is 53.9 Å². The molecule has 0 amide bonds. The monoisotopic (exact) mass is 768 g/mol. The van der Waals surface area contributed by atoms with Crippen LogP contribution in [0.25, 0.3) is 79.0 Å². The molecule has 0 saturated carbocycles. The average Bonchev–Trinajstić information content (AvgIpc) is 3.96. The molecule has 10 aromatic rings. The van der Waals surface area contributed by atoms with Crippen LogP contribution in [0.1, 0.15) is 23.7 Å². The van der Waals surface area contributed by atoms with E-state index < -0.39 is 0 Å². The number of para-hydroxylation sites is 2. The minimum atomic E-state index is -0.170. The fourth-order valence-electron chi connectivity index (χ4n) is 9.21. The van der Waals surface area contributed by atoms with E-state index in [0.717, 1.165) is 17.8 Å². The lowest BCUT2D eigenvalue weighted by Gasteiger charge is -2.35. The van der Waals surface area contributed by atoms with E-state index >= 15 is 0 Å². The van der Waals surface area contributed by atoms with Crippen LogP contribution >= 0.6 is 22.7 Å². The third-order valence-electron chi connectivity index (χ3n) is 11.8. The zero-order valence-electron chi connectivity index (χ0n) is 30.9. The van der Waals surface area contributed by atoms with Crippen molar-refractivity contribution in [2.75, 3.05) is 0 Å². The quantitative estimate of drug-likeness (QED) is 0.183. The Bertz CT molecular complexity index is 3250. The largest absolute Gasteiger partial charge is 0.354 e. The molecule has 6 heteroatoms. The van der Waals surface area contributed by atoms with Gasteiger partial charge in [0.2, 0.25) is 0 Å². The molecule has 3 aromatic heterocycles. The van der Waals surface area contributed by atoms with Gasteiger partial charge in [0.1, 0.15) is 12.0 Å². The van der Waals surface area contributed by atoms with Gasteiger partial charge in [-0.2, -0.15) is 0 Å². The number of allylic oxidation sites excluding steroid dienone is 3. The molecule has 7 aromatic carbocycles. The second kappa shape index (κ2) is 13.1. The molecule has 2 aliphatic rings. The van der Waals surface area contributed by atoms with Gasteiger partial charge < -0.3 is 9.88 Å². The molecule has 4 nitrogen and oxygen atoms in total. The Balaban J connectivity index is 0.995. The van der Waals surface area contributed by atoms with Crippen LogP contribution in [0.3, 0.4) is 0 Å². The highest BCUT2D eigenvalue weighted by Gasteiger charge is 2.29. The van der Waals surface area contributed by atoms with Gasteiger partial charge in [-0.25, -0.2) is 4.99 Å². The Morgan fingerprint density at radius 1 is 0.579 bits per heavy atom. The van der Waals surface area contributed by atoms with Crippen LogP contribution in [0.15, 0.2) is 181 Å². The second-order valence-corrected chi connectivity index (χ2v) is 17.2. The minimum absolute atomic E-state index is 0.0610. The Labute approximate surface area is 337 Å². The molecule has 1 aliphatic carbocycles. The van der Waals surface area contributed by atoms with Gasteiger partial charge in [-0.15, -0.1) is 22.7 Å². The van der Waals surface area contributed by atoms with Crippen molar-refractivity contribution in [1.82, 2.24) is 15.2 Å². The molecule has 3 unspecified atom stereocenters. The maximum Gasteiger partial charge on any atom is 0.131 e. The molecule has 57 heavy (non-hydrogen) atoms. The summed E-state index contributed by atoms with van der Waals surface area (Å²) in [6.07, 6.45) is 9.73. The van der Waals surface area contributed by atoms with Crippen molar-refractivity contribution in [3.63, 3.8) is 0 Å². The van der Waals surface area contributed by atoms with Crippen molar-refractivity contribution in [1.29, 1.82) is 0 Å². The molecule has 12 rings (SSSR count). The smallest absolute Gasteiger partial charge is 0.131 e. The average molecular weight is 769 g/mol. The first-order valence-corrected chi connectivity index (χ1v) is 21.3. The fraction of sp³-hybridized carbons (Fsp3) is 0.0784. The summed E-state index contributed by atoms with van der Waals surface area (Å²) >= 11 is 3.78. The number of nitrogens with zero attached hydrogens (tertiary/aromatic N) is 2. The van der Waals surface area contributed by atoms with Crippen LogP contribution in [-0.2, 0) is 0 Å². The third kappa shape index (κ3) is 5.25. The number of thiophene rings is 2. The van der Waals surface area contributed by atoms with Crippen molar-refractivity contribution in [2.24, 2.45) is 10.9 Å². The van der Waals surface area contributed by atoms with Gasteiger partial charge in [-0.1, -0.05) is 140 Å². The zero-order valence-corrected chi connectivity index (χ0v) is 32.5. The lowest BCUT2D eigenvalue weighted by Crippen LogP contribution is -2.54. The summed E-state index contributed by atoms with van der Waals surface area (Å²) in [5.41, 5.74) is 8.54. The predicted octanol–water partition coefficient (Wildman–Crippen LogP) is 13.3. The first kappa shape index (κ1) is 32.9. The molecule has 1 aliphatic heterocycles. The maximum absolute atomic E-state index is 5.26. The fourth-order valence-corrected chi connectivity index (χ4v) is 11.6. The normalized spacial score (nSPS) is 18.3. The van der Waals surface area contributed by atoms with Crippen LogP contribution in [0.5, 0.6) is 0 Å². The Morgan fingerprint density at radius 3 is 2.11 bits per heavy atom. The first-order valence-electron chi connectivity index (χ1n) is 19.6. The maximum atomic E-state index is 5.26. The van der Waals surface area contributed by atoms with Gasteiger partial charge in [0.05, 0.1) is 22.9 Å².